The van der Waals surface area contributed by atoms with Crippen LogP contribution in [-0.2, 0) is 34.1 Å². The molecule has 0 aliphatic rings. The second kappa shape index (κ2) is 17.1. The number of ether oxygens (including phenoxy) is 1. The highest BCUT2D eigenvalue weighted by Crippen LogP contribution is 2.55. The minimum Gasteiger partial charge on any atom is -0.447 e. The quantitative estimate of drug-likeness (QED) is 0.133. The molecule has 3 aromatic rings. The first kappa shape index (κ1) is 39.7. The highest BCUT2D eigenvalue weighted by molar-refractivity contribution is 7.48. The number of nitrogens with one attached hydrogen (secondary N) is 1. The molecule has 0 spiro atoms. The maximum absolute atomic E-state index is 14.2. The lowest BCUT2D eigenvalue weighted by molar-refractivity contribution is -0.133. The number of nitrogens with zero attached hydrogens (tertiary/aromatic N) is 2. The number of phosphoric acid groups is 1. The van der Waals surface area contributed by atoms with E-state index in [1.54, 1.807) is 53.8 Å². The average molecular weight is 680 g/mol. The first-order valence-corrected chi connectivity index (χ1v) is 16.5. The third kappa shape index (κ3) is 13.3. The second-order valence-corrected chi connectivity index (χ2v) is 14.4. The molecular formula is C34H48F2N3O7P. The summed E-state index contributed by atoms with van der Waals surface area (Å²) in [5, 5.41) is 4.39. The maximum atomic E-state index is 14.2. The van der Waals surface area contributed by atoms with E-state index in [1.807, 2.05) is 24.3 Å². The van der Waals surface area contributed by atoms with Crippen molar-refractivity contribution in [3.8, 4) is 0 Å². The topological polar surface area (TPSA) is 116 Å². The van der Waals surface area contributed by atoms with Crippen molar-refractivity contribution in [3.05, 3.63) is 71.9 Å². The van der Waals surface area contributed by atoms with Gasteiger partial charge in [-0.1, -0.05) is 43.8 Å². The van der Waals surface area contributed by atoms with E-state index in [4.69, 9.17) is 18.3 Å². The molecule has 0 radical (unpaired) electrons. The summed E-state index contributed by atoms with van der Waals surface area (Å²) in [4.78, 5) is 31.5. The highest BCUT2D eigenvalue weighted by atomic mass is 31.2. The molecule has 1 N–H and O–H groups in total. The molecular weight excluding hydrogens is 631 g/mol. The Morgan fingerprint density at radius 3 is 2.26 bits per heavy atom. The van der Waals surface area contributed by atoms with Crippen molar-refractivity contribution in [2.24, 2.45) is 0 Å². The van der Waals surface area contributed by atoms with Crippen molar-refractivity contribution in [1.29, 1.82) is 0 Å². The molecule has 0 bridgehead atoms. The molecule has 10 nitrogen and oxygen atoms in total. The third-order valence-corrected chi connectivity index (χ3v) is 8.59. The zero-order valence-electron chi connectivity index (χ0n) is 27.5. The first-order valence-electron chi connectivity index (χ1n) is 15.1. The number of fused-ring (bicyclic) bond motifs is 1. The van der Waals surface area contributed by atoms with E-state index in [9.17, 15) is 22.9 Å². The van der Waals surface area contributed by atoms with Crippen LogP contribution in [0, 0.1) is 11.6 Å². The fourth-order valence-electron chi connectivity index (χ4n) is 4.45. The normalized spacial score (nSPS) is 12.7. The number of hydrogen-bond acceptors (Lipinski definition) is 8. The lowest BCUT2D eigenvalue weighted by Gasteiger charge is -2.31. The van der Waals surface area contributed by atoms with Crippen molar-refractivity contribution in [2.75, 3.05) is 25.6 Å². The van der Waals surface area contributed by atoms with Crippen molar-refractivity contribution >= 4 is 36.4 Å². The Hall–Kier alpha value is -3.44. The van der Waals surface area contributed by atoms with Crippen LogP contribution in [0.15, 0.2) is 54.7 Å². The zero-order valence-corrected chi connectivity index (χ0v) is 28.4. The van der Waals surface area contributed by atoms with E-state index in [0.717, 1.165) is 16.8 Å². The van der Waals surface area contributed by atoms with Gasteiger partial charge in [0.25, 0.3) is 0 Å². The zero-order chi connectivity index (χ0) is 34.1. The van der Waals surface area contributed by atoms with Crippen molar-refractivity contribution in [2.45, 2.75) is 91.9 Å². The van der Waals surface area contributed by atoms with Crippen LogP contribution in [0.4, 0.5) is 19.4 Å². The molecule has 0 aliphatic heterocycles. The van der Waals surface area contributed by atoms with Crippen LogP contribution < -0.4 is 5.32 Å². The Morgan fingerprint density at radius 2 is 1.62 bits per heavy atom. The summed E-state index contributed by atoms with van der Waals surface area (Å²) >= 11 is 0. The maximum Gasteiger partial charge on any atom is 0.475 e. The number of amides is 2. The van der Waals surface area contributed by atoms with E-state index in [2.05, 4.69) is 10.3 Å². The van der Waals surface area contributed by atoms with Gasteiger partial charge < -0.3 is 9.64 Å². The van der Waals surface area contributed by atoms with Crippen LogP contribution >= 0.6 is 7.82 Å². The number of carbonyl (C=O) groups is 2. The Morgan fingerprint density at radius 1 is 0.979 bits per heavy atom. The first-order chi connectivity index (χ1) is 21.4. The summed E-state index contributed by atoms with van der Waals surface area (Å²) < 4.78 is 63.7. The fourth-order valence-corrected chi connectivity index (χ4v) is 6.29. The largest absolute Gasteiger partial charge is 0.475 e. The van der Waals surface area contributed by atoms with Gasteiger partial charge in [0.1, 0.15) is 12.4 Å². The molecule has 0 aliphatic carbocycles. The number of likely N-dealkylation sites (N-methyl/N-ethyl adjacent to an activating group) is 1. The molecule has 1 atom stereocenters. The number of anilines is 1. The van der Waals surface area contributed by atoms with Gasteiger partial charge in [-0.3, -0.25) is 23.7 Å². The van der Waals surface area contributed by atoms with E-state index in [-0.39, 0.29) is 51.4 Å². The number of carbonyl (C=O) groups excluding carboxylic acids is 2. The van der Waals surface area contributed by atoms with Crippen molar-refractivity contribution in [1.82, 2.24) is 9.88 Å². The van der Waals surface area contributed by atoms with E-state index >= 15 is 0 Å². The molecule has 0 saturated carbocycles. The number of benzene rings is 2. The molecule has 0 fully saturated rings. The SMILES string of the molecule is C.CN(C(=O)CCc1cccc(F)c1F)[C@@H](CCCOP(=O)(OC(C)(C)C)OC(C)(C)C)COC(=O)Nc1cc2ccccc2cn1. The third-order valence-electron chi connectivity index (χ3n) is 6.55. The number of aromatic nitrogens is 1. The summed E-state index contributed by atoms with van der Waals surface area (Å²) in [7, 11) is -2.42. The molecule has 3 rings (SSSR count). The lowest BCUT2D eigenvalue weighted by atomic mass is 10.1. The summed E-state index contributed by atoms with van der Waals surface area (Å²) in [5.74, 6) is -2.05. The number of halogens is 2. The monoisotopic (exact) mass is 679 g/mol. The number of hydrogen-bond donors (Lipinski definition) is 1. The summed E-state index contributed by atoms with van der Waals surface area (Å²) in [6, 6.07) is 12.4. The predicted molar refractivity (Wildman–Crippen MR) is 179 cm³/mol. The second-order valence-electron chi connectivity index (χ2n) is 12.8. The Kier molecular flexibility index (Phi) is 14.5. The molecule has 1 aromatic heterocycles. The van der Waals surface area contributed by atoms with Crippen LogP contribution in [0.2, 0.25) is 0 Å². The van der Waals surface area contributed by atoms with E-state index < -0.39 is 42.8 Å². The Balaban J connectivity index is 0.00000768. The minimum atomic E-state index is -3.96. The van der Waals surface area contributed by atoms with Gasteiger partial charge in [-0.05, 0) is 83.9 Å². The number of rotatable bonds is 14. The van der Waals surface area contributed by atoms with Gasteiger partial charge in [-0.25, -0.2) is 23.1 Å². The van der Waals surface area contributed by atoms with Crippen LogP contribution in [0.25, 0.3) is 10.8 Å². The van der Waals surface area contributed by atoms with Gasteiger partial charge in [0.15, 0.2) is 11.6 Å². The predicted octanol–water partition coefficient (Wildman–Crippen LogP) is 8.69. The van der Waals surface area contributed by atoms with Gasteiger partial charge in [0, 0.05) is 25.1 Å². The summed E-state index contributed by atoms with van der Waals surface area (Å²) in [5.41, 5.74) is -1.53. The minimum absolute atomic E-state index is 0. The Labute approximate surface area is 276 Å². The molecule has 0 saturated heterocycles. The van der Waals surface area contributed by atoms with E-state index in [0.29, 0.717) is 12.2 Å². The standard InChI is InChI=1S/C33H44F2N3O7P.CH4/c1-32(2,3)44-46(41,45-33(4,5)6)43-19-11-15-26(38(7)29(39)18-17-23-14-10-16-27(34)30(23)35)22-42-31(40)37-28-20-24-12-8-9-13-25(24)21-36-28;/h8-10,12-14,16,20-21,26H,11,15,17-19,22H2,1-7H3,(H,36,37,40);1H4/t26-;/m0./s1. The summed E-state index contributed by atoms with van der Waals surface area (Å²) in [6.45, 7) is 10.2. The molecule has 13 heteroatoms. The molecule has 2 amide bonds. The molecule has 0 unspecified atom stereocenters. The fraction of sp³-hybridized carbons (Fsp3) is 0.500. The smallest absolute Gasteiger partial charge is 0.447 e. The van der Waals surface area contributed by atoms with Gasteiger partial charge in [-0.2, -0.15) is 0 Å². The van der Waals surface area contributed by atoms with Crippen molar-refractivity contribution < 1.29 is 41.2 Å². The highest BCUT2D eigenvalue weighted by Gasteiger charge is 2.37. The van der Waals surface area contributed by atoms with Gasteiger partial charge in [0.05, 0.1) is 23.9 Å². The molecule has 47 heavy (non-hydrogen) atoms. The summed E-state index contributed by atoms with van der Waals surface area (Å²) in [6.07, 6.45) is 1.31. The van der Waals surface area contributed by atoms with Gasteiger partial charge in [0.2, 0.25) is 5.91 Å². The van der Waals surface area contributed by atoms with Crippen LogP contribution in [0.3, 0.4) is 0 Å². The van der Waals surface area contributed by atoms with Crippen LogP contribution in [0.1, 0.15) is 73.8 Å². The molecule has 260 valence electrons. The van der Waals surface area contributed by atoms with Crippen LogP contribution in [-0.4, -0.2) is 59.4 Å². The average Bonchev–Trinajstić information content (AvgIpc) is 2.95. The van der Waals surface area contributed by atoms with E-state index in [1.165, 1.54) is 24.1 Å². The Bertz CT molecular complexity index is 1520. The lowest BCUT2D eigenvalue weighted by Crippen LogP contribution is -2.41. The molecule has 1 heterocycles. The van der Waals surface area contributed by atoms with Crippen LogP contribution in [0.5, 0.6) is 0 Å². The number of aryl methyl sites for hydroxylation is 1. The number of pyridine rings is 1. The van der Waals surface area contributed by atoms with Gasteiger partial charge >= 0.3 is 13.9 Å². The van der Waals surface area contributed by atoms with Crippen molar-refractivity contribution in [3.63, 3.8) is 0 Å². The number of phosphoric ester groups is 1. The molecule has 2 aromatic carbocycles. The van der Waals surface area contributed by atoms with Gasteiger partial charge in [-0.15, -0.1) is 0 Å².